The molecule has 0 fully saturated rings. The zero-order chi connectivity index (χ0) is 13.0. The van der Waals surface area contributed by atoms with Gasteiger partial charge in [0.05, 0.1) is 13.2 Å². The highest BCUT2D eigenvalue weighted by Crippen LogP contribution is 2.31. The predicted molar refractivity (Wildman–Crippen MR) is 69.2 cm³/mol. The number of nitrogens with zero attached hydrogens (tertiary/aromatic N) is 1. The number of rotatable bonds is 4. The van der Waals surface area contributed by atoms with Crippen molar-refractivity contribution in [2.45, 2.75) is 32.7 Å². The Morgan fingerprint density at radius 3 is 2.35 bits per heavy atom. The van der Waals surface area contributed by atoms with E-state index in [9.17, 15) is 0 Å². The number of aryl methyl sites for hydroxylation is 1. The molecule has 3 nitrogen and oxygen atoms in total. The number of hydrogen-bond donors (Lipinski definition) is 1. The van der Waals surface area contributed by atoms with E-state index in [1.54, 1.807) is 14.2 Å². The average Bonchev–Trinajstić information content (AvgIpc) is 2.31. The van der Waals surface area contributed by atoms with Gasteiger partial charge in [0, 0.05) is 0 Å². The maximum absolute atomic E-state index is 9.12. The SMILES string of the molecule is CNC(C#N)c1cc(C(C)C)c(OC)cc1C. The van der Waals surface area contributed by atoms with Crippen LogP contribution in [0.2, 0.25) is 0 Å². The lowest BCUT2D eigenvalue weighted by molar-refractivity contribution is 0.407. The highest BCUT2D eigenvalue weighted by Gasteiger charge is 2.16. The van der Waals surface area contributed by atoms with Crippen LogP contribution in [0.15, 0.2) is 12.1 Å². The summed E-state index contributed by atoms with van der Waals surface area (Å²) in [5, 5.41) is 12.1. The first-order valence-electron chi connectivity index (χ1n) is 5.80. The molecular weight excluding hydrogens is 212 g/mol. The van der Waals surface area contributed by atoms with Crippen LogP contribution >= 0.6 is 0 Å². The molecule has 0 radical (unpaired) electrons. The molecule has 0 aromatic heterocycles. The Labute approximate surface area is 103 Å². The van der Waals surface area contributed by atoms with Crippen LogP contribution in [0.3, 0.4) is 0 Å². The van der Waals surface area contributed by atoms with Crippen molar-refractivity contribution in [3.63, 3.8) is 0 Å². The molecule has 0 aliphatic rings. The lowest BCUT2D eigenvalue weighted by Crippen LogP contribution is -2.16. The third-order valence-corrected chi connectivity index (χ3v) is 2.97. The minimum atomic E-state index is -0.265. The van der Waals surface area contributed by atoms with Crippen LogP contribution in [-0.4, -0.2) is 14.2 Å². The van der Waals surface area contributed by atoms with Crippen LogP contribution in [0.1, 0.15) is 42.5 Å². The van der Waals surface area contributed by atoms with Crippen LogP contribution < -0.4 is 10.1 Å². The Kier molecular flexibility index (Phi) is 4.53. The molecule has 0 saturated carbocycles. The minimum Gasteiger partial charge on any atom is -0.496 e. The number of hydrogen-bond acceptors (Lipinski definition) is 3. The molecule has 0 bridgehead atoms. The van der Waals surface area contributed by atoms with Crippen molar-refractivity contribution in [3.8, 4) is 11.8 Å². The monoisotopic (exact) mass is 232 g/mol. The molecule has 1 rings (SSSR count). The molecule has 92 valence electrons. The summed E-state index contributed by atoms with van der Waals surface area (Å²) in [6.45, 7) is 6.25. The van der Waals surface area contributed by atoms with Gasteiger partial charge in [-0.1, -0.05) is 13.8 Å². The highest BCUT2D eigenvalue weighted by atomic mass is 16.5. The zero-order valence-electron chi connectivity index (χ0n) is 11.2. The van der Waals surface area contributed by atoms with Crippen molar-refractivity contribution in [1.82, 2.24) is 5.32 Å². The van der Waals surface area contributed by atoms with Crippen LogP contribution in [0.5, 0.6) is 5.75 Å². The van der Waals surface area contributed by atoms with E-state index in [1.807, 2.05) is 13.0 Å². The molecule has 0 saturated heterocycles. The van der Waals surface area contributed by atoms with Crippen LogP contribution in [0.4, 0.5) is 0 Å². The Balaban J connectivity index is 3.34. The molecule has 1 aromatic rings. The summed E-state index contributed by atoms with van der Waals surface area (Å²) in [5.74, 6) is 1.27. The topological polar surface area (TPSA) is 45.0 Å². The normalized spacial score (nSPS) is 12.3. The van der Waals surface area contributed by atoms with E-state index in [4.69, 9.17) is 10.00 Å². The van der Waals surface area contributed by atoms with Crippen LogP contribution in [0, 0.1) is 18.3 Å². The number of methoxy groups -OCH3 is 1. The number of nitriles is 1. The smallest absolute Gasteiger partial charge is 0.122 e. The van der Waals surface area contributed by atoms with Crippen LogP contribution in [-0.2, 0) is 0 Å². The summed E-state index contributed by atoms with van der Waals surface area (Å²) in [5.41, 5.74) is 3.25. The van der Waals surface area contributed by atoms with Crippen molar-refractivity contribution >= 4 is 0 Å². The fourth-order valence-electron chi connectivity index (χ4n) is 1.94. The van der Waals surface area contributed by atoms with Gasteiger partial charge in [-0.3, -0.25) is 0 Å². The quantitative estimate of drug-likeness (QED) is 0.868. The summed E-state index contributed by atoms with van der Waals surface area (Å²) >= 11 is 0. The van der Waals surface area contributed by atoms with Gasteiger partial charge in [0.15, 0.2) is 0 Å². The average molecular weight is 232 g/mol. The van der Waals surface area contributed by atoms with Crippen molar-refractivity contribution in [2.75, 3.05) is 14.2 Å². The summed E-state index contributed by atoms with van der Waals surface area (Å²) < 4.78 is 5.39. The van der Waals surface area contributed by atoms with E-state index in [2.05, 4.69) is 31.3 Å². The molecule has 0 aliphatic carbocycles. The molecular formula is C14H20N2O. The maximum atomic E-state index is 9.12. The van der Waals surface area contributed by atoms with Gasteiger partial charge in [-0.15, -0.1) is 0 Å². The van der Waals surface area contributed by atoms with Gasteiger partial charge in [0.1, 0.15) is 11.8 Å². The molecule has 1 N–H and O–H groups in total. The molecule has 3 heteroatoms. The fourth-order valence-corrected chi connectivity index (χ4v) is 1.94. The second kappa shape index (κ2) is 5.70. The Morgan fingerprint density at radius 1 is 1.29 bits per heavy atom. The summed E-state index contributed by atoms with van der Waals surface area (Å²) in [6, 6.07) is 6.07. The first-order valence-corrected chi connectivity index (χ1v) is 5.80. The van der Waals surface area contributed by atoms with Crippen molar-refractivity contribution < 1.29 is 4.74 Å². The number of benzene rings is 1. The van der Waals surface area contributed by atoms with Crippen LogP contribution in [0.25, 0.3) is 0 Å². The van der Waals surface area contributed by atoms with Crippen molar-refractivity contribution in [3.05, 3.63) is 28.8 Å². The van der Waals surface area contributed by atoms with Crippen molar-refractivity contribution in [1.29, 1.82) is 5.26 Å². The Hall–Kier alpha value is -1.53. The molecule has 0 heterocycles. The number of ether oxygens (including phenoxy) is 1. The maximum Gasteiger partial charge on any atom is 0.122 e. The first kappa shape index (κ1) is 13.5. The molecule has 0 amide bonds. The van der Waals surface area contributed by atoms with Gasteiger partial charge in [0.25, 0.3) is 0 Å². The molecule has 1 unspecified atom stereocenters. The lowest BCUT2D eigenvalue weighted by Gasteiger charge is -2.18. The van der Waals surface area contributed by atoms with Gasteiger partial charge in [-0.2, -0.15) is 5.26 Å². The summed E-state index contributed by atoms with van der Waals surface area (Å²) in [4.78, 5) is 0. The molecule has 0 aliphatic heterocycles. The highest BCUT2D eigenvalue weighted by molar-refractivity contribution is 5.46. The van der Waals surface area contributed by atoms with E-state index in [0.717, 1.165) is 22.4 Å². The summed E-state index contributed by atoms with van der Waals surface area (Å²) in [6.07, 6.45) is 0. The molecule has 0 spiro atoms. The van der Waals surface area contributed by atoms with Gasteiger partial charge >= 0.3 is 0 Å². The lowest BCUT2D eigenvalue weighted by atomic mass is 9.93. The fraction of sp³-hybridized carbons (Fsp3) is 0.500. The van der Waals surface area contributed by atoms with E-state index in [0.29, 0.717) is 5.92 Å². The first-order chi connectivity index (χ1) is 8.04. The van der Waals surface area contributed by atoms with Gasteiger partial charge in [-0.05, 0) is 48.7 Å². The van der Waals surface area contributed by atoms with E-state index in [-0.39, 0.29) is 6.04 Å². The van der Waals surface area contributed by atoms with Crippen molar-refractivity contribution in [2.24, 2.45) is 0 Å². The van der Waals surface area contributed by atoms with E-state index >= 15 is 0 Å². The van der Waals surface area contributed by atoms with E-state index in [1.165, 1.54) is 0 Å². The van der Waals surface area contributed by atoms with Gasteiger partial charge < -0.3 is 10.1 Å². The molecule has 1 atom stereocenters. The predicted octanol–water partition coefficient (Wildman–Crippen LogP) is 2.91. The zero-order valence-corrected chi connectivity index (χ0v) is 11.2. The third kappa shape index (κ3) is 2.78. The second-order valence-electron chi connectivity index (χ2n) is 4.46. The van der Waals surface area contributed by atoms with Gasteiger partial charge in [-0.25, -0.2) is 0 Å². The Bertz CT molecular complexity index is 433. The standard InChI is InChI=1S/C14H20N2O/c1-9(2)11-7-12(13(8-15)16-4)10(3)6-14(11)17-5/h6-7,9,13,16H,1-5H3. The third-order valence-electron chi connectivity index (χ3n) is 2.97. The molecule has 17 heavy (non-hydrogen) atoms. The largest absolute Gasteiger partial charge is 0.496 e. The second-order valence-corrected chi connectivity index (χ2v) is 4.46. The molecule has 1 aromatic carbocycles. The minimum absolute atomic E-state index is 0.265. The van der Waals surface area contributed by atoms with Gasteiger partial charge in [0.2, 0.25) is 0 Å². The Morgan fingerprint density at radius 2 is 1.94 bits per heavy atom. The number of nitrogens with one attached hydrogen (secondary N) is 1. The van der Waals surface area contributed by atoms with E-state index < -0.39 is 0 Å². The summed E-state index contributed by atoms with van der Waals surface area (Å²) in [7, 11) is 3.48.